The van der Waals surface area contributed by atoms with E-state index in [-0.39, 0.29) is 5.56 Å². The van der Waals surface area contributed by atoms with Crippen LogP contribution in [0.1, 0.15) is 24.4 Å². The van der Waals surface area contributed by atoms with Gasteiger partial charge in [0.05, 0.1) is 17.5 Å². The third-order valence-electron chi connectivity index (χ3n) is 3.75. The van der Waals surface area contributed by atoms with Gasteiger partial charge in [-0.05, 0) is 24.6 Å². The maximum atomic E-state index is 12.3. The third kappa shape index (κ3) is 3.36. The summed E-state index contributed by atoms with van der Waals surface area (Å²) in [5, 5.41) is 0.500. The summed E-state index contributed by atoms with van der Waals surface area (Å²) in [5.74, 6) is 6.30. The van der Waals surface area contributed by atoms with Crippen molar-refractivity contribution >= 4 is 17.0 Å². The lowest BCUT2D eigenvalue weighted by Crippen LogP contribution is -2.33. The van der Waals surface area contributed by atoms with Gasteiger partial charge in [0, 0.05) is 0 Å². The Morgan fingerprint density at radius 1 is 1.17 bits per heavy atom. The molecular formula is C19H19N3O2. The SMILES string of the molecule is C[C@H](OC/C=C/c1ccccc1)c1nc2ccccc2c(=O)n1N. The minimum atomic E-state index is -0.396. The molecule has 0 saturated carbocycles. The standard InChI is InChI=1S/C19H19N3O2/c1-14(24-13-7-10-15-8-3-2-4-9-15)18-21-17-12-6-5-11-16(17)19(23)22(18)20/h2-12,14H,13,20H2,1H3/b10-7+/t14-/m0/s1. The van der Waals surface area contributed by atoms with E-state index in [1.807, 2.05) is 55.5 Å². The van der Waals surface area contributed by atoms with Crippen molar-refractivity contribution in [2.24, 2.45) is 0 Å². The summed E-state index contributed by atoms with van der Waals surface area (Å²) in [4.78, 5) is 16.8. The fourth-order valence-corrected chi connectivity index (χ4v) is 2.47. The molecule has 0 aliphatic rings. The van der Waals surface area contributed by atoms with Crippen molar-refractivity contribution < 1.29 is 4.74 Å². The van der Waals surface area contributed by atoms with Gasteiger partial charge in [0.25, 0.3) is 5.56 Å². The minimum Gasteiger partial charge on any atom is -0.366 e. The van der Waals surface area contributed by atoms with Crippen molar-refractivity contribution in [3.8, 4) is 0 Å². The molecule has 0 fully saturated rings. The third-order valence-corrected chi connectivity index (χ3v) is 3.75. The average Bonchev–Trinajstić information content (AvgIpc) is 2.62. The number of nitrogens with two attached hydrogens (primary N) is 1. The summed E-state index contributed by atoms with van der Waals surface area (Å²) in [6.07, 6.45) is 3.51. The molecule has 2 N–H and O–H groups in total. The monoisotopic (exact) mass is 321 g/mol. The maximum absolute atomic E-state index is 12.3. The van der Waals surface area contributed by atoms with Crippen molar-refractivity contribution in [1.29, 1.82) is 0 Å². The second-order valence-corrected chi connectivity index (χ2v) is 5.45. The predicted molar refractivity (Wildman–Crippen MR) is 96.0 cm³/mol. The van der Waals surface area contributed by atoms with Gasteiger partial charge in [-0.25, -0.2) is 9.66 Å². The predicted octanol–water partition coefficient (Wildman–Crippen LogP) is 2.90. The van der Waals surface area contributed by atoms with Crippen LogP contribution in [-0.4, -0.2) is 16.3 Å². The number of fused-ring (bicyclic) bond motifs is 1. The Kier molecular flexibility index (Phi) is 4.72. The van der Waals surface area contributed by atoms with E-state index in [0.717, 1.165) is 10.2 Å². The van der Waals surface area contributed by atoms with Crippen LogP contribution in [0.3, 0.4) is 0 Å². The van der Waals surface area contributed by atoms with Crippen LogP contribution >= 0.6 is 0 Å². The molecule has 1 atom stereocenters. The van der Waals surface area contributed by atoms with Gasteiger partial charge in [-0.15, -0.1) is 0 Å². The van der Waals surface area contributed by atoms with Gasteiger partial charge in [0.2, 0.25) is 0 Å². The molecule has 0 bridgehead atoms. The second-order valence-electron chi connectivity index (χ2n) is 5.45. The van der Waals surface area contributed by atoms with Crippen LogP contribution in [0.5, 0.6) is 0 Å². The van der Waals surface area contributed by atoms with E-state index in [1.165, 1.54) is 0 Å². The molecular weight excluding hydrogens is 302 g/mol. The highest BCUT2D eigenvalue weighted by molar-refractivity contribution is 5.77. The fourth-order valence-electron chi connectivity index (χ4n) is 2.47. The molecule has 0 radical (unpaired) electrons. The summed E-state index contributed by atoms with van der Waals surface area (Å²) in [6, 6.07) is 17.1. The number of para-hydroxylation sites is 1. The minimum absolute atomic E-state index is 0.272. The number of hydrogen-bond donors (Lipinski definition) is 1. The molecule has 1 heterocycles. The number of nitrogen functional groups attached to an aromatic ring is 1. The number of nitrogens with zero attached hydrogens (tertiary/aromatic N) is 2. The van der Waals surface area contributed by atoms with Crippen LogP contribution in [0, 0.1) is 0 Å². The van der Waals surface area contributed by atoms with Gasteiger partial charge < -0.3 is 10.6 Å². The summed E-state index contributed by atoms with van der Waals surface area (Å²) in [5.41, 5.74) is 1.45. The van der Waals surface area contributed by atoms with E-state index in [0.29, 0.717) is 23.3 Å². The molecule has 24 heavy (non-hydrogen) atoms. The number of ether oxygens (including phenoxy) is 1. The first-order valence-corrected chi connectivity index (χ1v) is 7.77. The Morgan fingerprint density at radius 3 is 2.67 bits per heavy atom. The Hall–Kier alpha value is -2.92. The molecule has 3 rings (SSSR count). The number of benzene rings is 2. The summed E-state index contributed by atoms with van der Waals surface area (Å²) in [7, 11) is 0. The first-order chi connectivity index (χ1) is 11.7. The molecule has 0 spiro atoms. The number of aromatic nitrogens is 2. The topological polar surface area (TPSA) is 70.1 Å². The molecule has 5 nitrogen and oxygen atoms in total. The van der Waals surface area contributed by atoms with E-state index in [2.05, 4.69) is 4.98 Å². The van der Waals surface area contributed by atoms with Gasteiger partial charge in [0.15, 0.2) is 5.82 Å². The molecule has 3 aromatic rings. The lowest BCUT2D eigenvalue weighted by Gasteiger charge is -2.15. The Labute approximate surface area is 140 Å². The highest BCUT2D eigenvalue weighted by Crippen LogP contribution is 2.15. The number of rotatable bonds is 5. The fraction of sp³-hybridized carbons (Fsp3) is 0.158. The van der Waals surface area contributed by atoms with Gasteiger partial charge in [-0.2, -0.15) is 0 Å². The maximum Gasteiger partial charge on any atom is 0.279 e. The largest absolute Gasteiger partial charge is 0.366 e. The Morgan fingerprint density at radius 2 is 1.88 bits per heavy atom. The van der Waals surface area contributed by atoms with Crippen LogP contribution in [0.2, 0.25) is 0 Å². The lowest BCUT2D eigenvalue weighted by molar-refractivity contribution is 0.0799. The molecule has 2 aromatic carbocycles. The zero-order chi connectivity index (χ0) is 16.9. The van der Waals surface area contributed by atoms with E-state index < -0.39 is 6.10 Å². The Balaban J connectivity index is 1.74. The van der Waals surface area contributed by atoms with E-state index in [4.69, 9.17) is 10.6 Å². The van der Waals surface area contributed by atoms with Crippen LogP contribution in [0.25, 0.3) is 17.0 Å². The number of hydrogen-bond acceptors (Lipinski definition) is 4. The van der Waals surface area contributed by atoms with E-state index in [9.17, 15) is 4.79 Å². The molecule has 0 unspecified atom stereocenters. The van der Waals surface area contributed by atoms with Gasteiger partial charge >= 0.3 is 0 Å². The van der Waals surface area contributed by atoms with Crippen LogP contribution in [-0.2, 0) is 4.74 Å². The lowest BCUT2D eigenvalue weighted by atomic mass is 10.2. The summed E-state index contributed by atoms with van der Waals surface area (Å²) >= 11 is 0. The molecule has 0 aliphatic heterocycles. The Bertz CT molecular complexity index is 917. The van der Waals surface area contributed by atoms with Crippen molar-refractivity contribution in [2.45, 2.75) is 13.0 Å². The molecule has 122 valence electrons. The van der Waals surface area contributed by atoms with Crippen molar-refractivity contribution in [3.05, 3.63) is 82.4 Å². The molecule has 0 aliphatic carbocycles. The first kappa shape index (κ1) is 16.0. The molecule has 5 heteroatoms. The van der Waals surface area contributed by atoms with Gasteiger partial charge in [-0.3, -0.25) is 4.79 Å². The summed E-state index contributed by atoms with van der Waals surface area (Å²) in [6.45, 7) is 2.23. The first-order valence-electron chi connectivity index (χ1n) is 7.77. The summed E-state index contributed by atoms with van der Waals surface area (Å²) < 4.78 is 6.81. The zero-order valence-corrected chi connectivity index (χ0v) is 13.4. The average molecular weight is 321 g/mol. The van der Waals surface area contributed by atoms with Crippen molar-refractivity contribution in [3.63, 3.8) is 0 Å². The quantitative estimate of drug-likeness (QED) is 0.734. The second kappa shape index (κ2) is 7.10. The highest BCUT2D eigenvalue weighted by atomic mass is 16.5. The van der Waals surface area contributed by atoms with Crippen LogP contribution < -0.4 is 11.4 Å². The molecule has 0 saturated heterocycles. The molecule has 1 aromatic heterocycles. The highest BCUT2D eigenvalue weighted by Gasteiger charge is 2.14. The van der Waals surface area contributed by atoms with E-state index >= 15 is 0 Å². The van der Waals surface area contributed by atoms with Gasteiger partial charge in [-0.1, -0.05) is 54.6 Å². The van der Waals surface area contributed by atoms with Crippen molar-refractivity contribution in [2.75, 3.05) is 12.4 Å². The van der Waals surface area contributed by atoms with Crippen molar-refractivity contribution in [1.82, 2.24) is 9.66 Å². The normalized spacial score (nSPS) is 12.7. The van der Waals surface area contributed by atoms with Crippen LogP contribution in [0.4, 0.5) is 0 Å². The zero-order valence-electron chi connectivity index (χ0n) is 13.4. The van der Waals surface area contributed by atoms with E-state index in [1.54, 1.807) is 18.2 Å². The smallest absolute Gasteiger partial charge is 0.279 e. The molecule has 0 amide bonds. The van der Waals surface area contributed by atoms with Gasteiger partial charge in [0.1, 0.15) is 6.10 Å². The van der Waals surface area contributed by atoms with Crippen LogP contribution in [0.15, 0.2) is 65.5 Å².